The first kappa shape index (κ1) is 21.9. The fourth-order valence-corrected chi connectivity index (χ4v) is 3.52. The van der Waals surface area contributed by atoms with Crippen molar-refractivity contribution < 1.29 is 0 Å². The van der Waals surface area contributed by atoms with Gasteiger partial charge in [-0.05, 0) is 44.4 Å². The number of nitrogens with one attached hydrogen (secondary N) is 2. The van der Waals surface area contributed by atoms with Crippen molar-refractivity contribution in [2.75, 3.05) is 33.2 Å². The number of likely N-dealkylation sites (tertiary alicyclic amines) is 1. The van der Waals surface area contributed by atoms with Crippen LogP contribution < -0.4 is 10.6 Å². The predicted octanol–water partition coefficient (Wildman–Crippen LogP) is 2.32. The van der Waals surface area contributed by atoms with Crippen molar-refractivity contribution in [2.45, 2.75) is 45.1 Å². The van der Waals surface area contributed by atoms with E-state index in [1.165, 1.54) is 38.9 Å². The largest absolute Gasteiger partial charge is 0.356 e. The summed E-state index contributed by atoms with van der Waals surface area (Å²) < 4.78 is 2.05. The zero-order chi connectivity index (χ0) is 18.2. The highest BCUT2D eigenvalue weighted by atomic mass is 127. The van der Waals surface area contributed by atoms with E-state index in [0.29, 0.717) is 6.04 Å². The third-order valence-electron chi connectivity index (χ3n) is 4.95. The number of hydrogen-bond donors (Lipinski definition) is 2. The lowest BCUT2D eigenvalue weighted by atomic mass is 10.1. The lowest BCUT2D eigenvalue weighted by Crippen LogP contribution is -2.48. The fraction of sp³-hybridized carbons (Fsp3) is 0.632. The van der Waals surface area contributed by atoms with Crippen molar-refractivity contribution in [3.63, 3.8) is 0 Å². The minimum absolute atomic E-state index is 0. The van der Waals surface area contributed by atoms with Crippen molar-refractivity contribution in [1.29, 1.82) is 0 Å². The third-order valence-corrected chi connectivity index (χ3v) is 4.95. The number of halogens is 1. The van der Waals surface area contributed by atoms with Crippen molar-refractivity contribution in [2.24, 2.45) is 4.99 Å². The molecule has 0 bridgehead atoms. The molecule has 2 N–H and O–H groups in total. The smallest absolute Gasteiger partial charge is 0.191 e. The van der Waals surface area contributed by atoms with E-state index in [1.54, 1.807) is 0 Å². The van der Waals surface area contributed by atoms with Crippen LogP contribution in [-0.4, -0.2) is 64.7 Å². The Bertz CT molecular complexity index is 707. The van der Waals surface area contributed by atoms with E-state index in [9.17, 15) is 0 Å². The zero-order valence-electron chi connectivity index (χ0n) is 16.4. The first-order valence-corrected chi connectivity index (χ1v) is 9.78. The number of aromatic nitrogens is 3. The summed E-state index contributed by atoms with van der Waals surface area (Å²) in [5.74, 6) is 1.92. The molecule has 0 amide bonds. The second kappa shape index (κ2) is 11.4. The molecule has 150 valence electrons. The summed E-state index contributed by atoms with van der Waals surface area (Å²) in [6.07, 6.45) is 7.51. The van der Waals surface area contributed by atoms with Gasteiger partial charge in [-0.3, -0.25) is 9.39 Å². The van der Waals surface area contributed by atoms with Crippen molar-refractivity contribution in [1.82, 2.24) is 30.1 Å². The van der Waals surface area contributed by atoms with Gasteiger partial charge in [0.1, 0.15) is 5.82 Å². The number of aryl methyl sites for hydroxylation is 1. The highest BCUT2D eigenvalue weighted by molar-refractivity contribution is 14.0. The molecule has 1 aliphatic heterocycles. The maximum atomic E-state index is 4.37. The molecule has 0 spiro atoms. The van der Waals surface area contributed by atoms with E-state index in [2.05, 4.69) is 42.0 Å². The van der Waals surface area contributed by atoms with Gasteiger partial charge in [-0.1, -0.05) is 13.0 Å². The Kier molecular flexibility index (Phi) is 9.26. The van der Waals surface area contributed by atoms with Gasteiger partial charge in [-0.25, -0.2) is 0 Å². The normalized spacial score (nSPS) is 16.3. The van der Waals surface area contributed by atoms with Gasteiger partial charge in [0.15, 0.2) is 11.6 Å². The molecular formula is C19H32IN7. The number of rotatable bonds is 7. The molecule has 3 rings (SSSR count). The molecule has 2 aromatic rings. The molecular weight excluding hydrogens is 453 g/mol. The molecule has 1 saturated heterocycles. The van der Waals surface area contributed by atoms with Crippen molar-refractivity contribution >= 4 is 35.6 Å². The van der Waals surface area contributed by atoms with Crippen LogP contribution in [0.3, 0.4) is 0 Å². The molecule has 3 heterocycles. The number of piperidine rings is 1. The van der Waals surface area contributed by atoms with Gasteiger partial charge < -0.3 is 15.5 Å². The summed E-state index contributed by atoms with van der Waals surface area (Å²) in [5.41, 5.74) is 0.905. The average Bonchev–Trinajstić information content (AvgIpc) is 3.09. The van der Waals surface area contributed by atoms with Crippen molar-refractivity contribution in [3.05, 3.63) is 30.2 Å². The summed E-state index contributed by atoms with van der Waals surface area (Å²) in [6.45, 7) is 6.70. The van der Waals surface area contributed by atoms with Crippen LogP contribution in [0.5, 0.6) is 0 Å². The number of pyridine rings is 1. The molecule has 0 radical (unpaired) electrons. The van der Waals surface area contributed by atoms with Crippen LogP contribution in [0.25, 0.3) is 5.65 Å². The molecule has 0 aliphatic carbocycles. The number of hydrogen-bond acceptors (Lipinski definition) is 4. The Balaban J connectivity index is 0.00000261. The van der Waals surface area contributed by atoms with Crippen LogP contribution in [0.2, 0.25) is 0 Å². The van der Waals surface area contributed by atoms with Gasteiger partial charge in [-0.2, -0.15) is 0 Å². The standard InChI is InChI=1S/C19H31N7.HI/c1-3-12-25-14-9-16(10-15-25)22-19(20-2)21-11-6-8-18-24-23-17-7-4-5-13-26(17)18;/h4-5,7,13,16H,3,6,8-12,14-15H2,1-2H3,(H2,20,21,22);1H. The van der Waals surface area contributed by atoms with E-state index >= 15 is 0 Å². The van der Waals surface area contributed by atoms with Crippen LogP contribution in [0.15, 0.2) is 29.4 Å². The lowest BCUT2D eigenvalue weighted by molar-refractivity contribution is 0.206. The van der Waals surface area contributed by atoms with Gasteiger partial charge in [0.2, 0.25) is 0 Å². The van der Waals surface area contributed by atoms with Gasteiger partial charge in [0, 0.05) is 45.3 Å². The predicted molar refractivity (Wildman–Crippen MR) is 121 cm³/mol. The maximum absolute atomic E-state index is 4.37. The lowest BCUT2D eigenvalue weighted by Gasteiger charge is -2.32. The summed E-state index contributed by atoms with van der Waals surface area (Å²) in [5, 5.41) is 15.5. The monoisotopic (exact) mass is 485 g/mol. The third kappa shape index (κ3) is 6.31. The Morgan fingerprint density at radius 1 is 1.26 bits per heavy atom. The highest BCUT2D eigenvalue weighted by Gasteiger charge is 2.19. The molecule has 1 aliphatic rings. The summed E-state index contributed by atoms with van der Waals surface area (Å²) in [6, 6.07) is 6.49. The Labute approximate surface area is 179 Å². The second-order valence-corrected chi connectivity index (χ2v) is 6.91. The van der Waals surface area contributed by atoms with E-state index in [-0.39, 0.29) is 24.0 Å². The molecule has 8 heteroatoms. The Hall–Kier alpha value is -1.42. The van der Waals surface area contributed by atoms with Crippen LogP contribution in [0.4, 0.5) is 0 Å². The molecule has 0 aromatic carbocycles. The molecule has 0 saturated carbocycles. The maximum Gasteiger partial charge on any atom is 0.191 e. The highest BCUT2D eigenvalue weighted by Crippen LogP contribution is 2.10. The van der Waals surface area contributed by atoms with Crippen LogP contribution in [0.1, 0.15) is 38.4 Å². The van der Waals surface area contributed by atoms with Gasteiger partial charge in [0.25, 0.3) is 0 Å². The quantitative estimate of drug-likeness (QED) is 0.273. The Morgan fingerprint density at radius 2 is 2.07 bits per heavy atom. The number of aliphatic imine (C=N–C) groups is 1. The second-order valence-electron chi connectivity index (χ2n) is 6.91. The van der Waals surface area contributed by atoms with E-state index in [4.69, 9.17) is 0 Å². The van der Waals surface area contributed by atoms with Gasteiger partial charge in [-0.15, -0.1) is 34.2 Å². The van der Waals surface area contributed by atoms with Crippen LogP contribution >= 0.6 is 24.0 Å². The molecule has 7 nitrogen and oxygen atoms in total. The van der Waals surface area contributed by atoms with Gasteiger partial charge in [0.05, 0.1) is 0 Å². The van der Waals surface area contributed by atoms with E-state index < -0.39 is 0 Å². The molecule has 0 atom stereocenters. The summed E-state index contributed by atoms with van der Waals surface area (Å²) >= 11 is 0. The SMILES string of the molecule is CCCN1CCC(NC(=NC)NCCCc2nnc3ccccn23)CC1.I. The first-order chi connectivity index (χ1) is 12.8. The minimum Gasteiger partial charge on any atom is -0.356 e. The summed E-state index contributed by atoms with van der Waals surface area (Å²) in [7, 11) is 1.84. The molecule has 27 heavy (non-hydrogen) atoms. The summed E-state index contributed by atoms with van der Waals surface area (Å²) in [4.78, 5) is 6.92. The number of nitrogens with zero attached hydrogens (tertiary/aromatic N) is 5. The van der Waals surface area contributed by atoms with E-state index in [1.807, 2.05) is 31.4 Å². The molecule has 0 unspecified atom stereocenters. The van der Waals surface area contributed by atoms with E-state index in [0.717, 1.165) is 36.8 Å². The Morgan fingerprint density at radius 3 is 2.81 bits per heavy atom. The van der Waals surface area contributed by atoms with Crippen LogP contribution in [-0.2, 0) is 6.42 Å². The molecule has 2 aromatic heterocycles. The molecule has 1 fully saturated rings. The minimum atomic E-state index is 0. The first-order valence-electron chi connectivity index (χ1n) is 9.78. The van der Waals surface area contributed by atoms with Crippen LogP contribution in [0, 0.1) is 0 Å². The zero-order valence-corrected chi connectivity index (χ0v) is 18.7. The van der Waals surface area contributed by atoms with Gasteiger partial charge >= 0.3 is 0 Å². The average molecular weight is 485 g/mol. The number of fused-ring (bicyclic) bond motifs is 1. The number of guanidine groups is 1. The van der Waals surface area contributed by atoms with Crippen molar-refractivity contribution in [3.8, 4) is 0 Å². The topological polar surface area (TPSA) is 69.8 Å². The fourth-order valence-electron chi connectivity index (χ4n) is 3.52.